The maximum atomic E-state index is 13.6. The van der Waals surface area contributed by atoms with Crippen LogP contribution in [0.4, 0.5) is 21.6 Å². The number of anilines is 3. The predicted octanol–water partition coefficient (Wildman–Crippen LogP) is 4.08. The molecule has 1 atom stereocenters. The zero-order chi connectivity index (χ0) is 20.1. The van der Waals surface area contributed by atoms with Crippen molar-refractivity contribution in [3.05, 3.63) is 48.4 Å². The first kappa shape index (κ1) is 20.0. The molecule has 0 radical (unpaired) electrons. The van der Waals surface area contributed by atoms with Crippen molar-refractivity contribution in [2.45, 2.75) is 32.2 Å². The molecule has 5 nitrogen and oxygen atoms in total. The fourth-order valence-corrected chi connectivity index (χ4v) is 4.45. The maximum absolute atomic E-state index is 13.6. The normalized spacial score (nSPS) is 20.7. The second-order valence-corrected chi connectivity index (χ2v) is 8.14. The molecule has 2 aromatic rings. The zero-order valence-electron chi connectivity index (χ0n) is 17.4. The van der Waals surface area contributed by atoms with E-state index >= 15 is 0 Å². The minimum absolute atomic E-state index is 0. The lowest BCUT2D eigenvalue weighted by Gasteiger charge is -2.36. The van der Waals surface area contributed by atoms with Gasteiger partial charge in [0.1, 0.15) is 11.6 Å². The molecular formula is C23H34FN5. The molecule has 2 saturated heterocycles. The van der Waals surface area contributed by atoms with Crippen LogP contribution in [-0.2, 0) is 0 Å². The number of piperazine rings is 1. The van der Waals surface area contributed by atoms with Crippen molar-refractivity contribution >= 4 is 17.2 Å². The van der Waals surface area contributed by atoms with Gasteiger partial charge in [-0.3, -0.25) is 4.90 Å². The Morgan fingerprint density at radius 1 is 1.07 bits per heavy atom. The van der Waals surface area contributed by atoms with Crippen LogP contribution in [0.5, 0.6) is 0 Å². The minimum Gasteiger partial charge on any atom is -0.369 e. The van der Waals surface area contributed by atoms with Crippen LogP contribution >= 0.6 is 0 Å². The van der Waals surface area contributed by atoms with Gasteiger partial charge in [-0.1, -0.05) is 13.0 Å². The van der Waals surface area contributed by atoms with Crippen molar-refractivity contribution in [1.82, 2.24) is 9.88 Å². The molecule has 1 aromatic carbocycles. The van der Waals surface area contributed by atoms with Crippen molar-refractivity contribution in [3.8, 4) is 0 Å². The van der Waals surface area contributed by atoms with Crippen molar-refractivity contribution in [1.29, 1.82) is 0 Å². The van der Waals surface area contributed by atoms with Crippen LogP contribution in [0.25, 0.3) is 0 Å². The SMILES string of the molecule is CCCN1CCN(c2ccnc(N[C@@H]3CCCN(c4cccc(F)c4)C3)c2)CC1.[HH]. The van der Waals surface area contributed by atoms with E-state index in [1.54, 1.807) is 12.1 Å². The zero-order valence-corrected chi connectivity index (χ0v) is 17.4. The molecule has 0 unspecified atom stereocenters. The van der Waals surface area contributed by atoms with Gasteiger partial charge in [0.2, 0.25) is 0 Å². The van der Waals surface area contributed by atoms with E-state index in [-0.39, 0.29) is 7.24 Å². The Morgan fingerprint density at radius 3 is 2.69 bits per heavy atom. The van der Waals surface area contributed by atoms with Crippen LogP contribution in [0.15, 0.2) is 42.6 Å². The first-order chi connectivity index (χ1) is 14.2. The molecule has 0 aliphatic carbocycles. The van der Waals surface area contributed by atoms with Crippen LogP contribution < -0.4 is 15.1 Å². The van der Waals surface area contributed by atoms with Gasteiger partial charge < -0.3 is 15.1 Å². The quantitative estimate of drug-likeness (QED) is 0.792. The molecule has 29 heavy (non-hydrogen) atoms. The fourth-order valence-electron chi connectivity index (χ4n) is 4.45. The summed E-state index contributed by atoms with van der Waals surface area (Å²) in [5.74, 6) is 0.760. The predicted molar refractivity (Wildman–Crippen MR) is 121 cm³/mol. The highest BCUT2D eigenvalue weighted by molar-refractivity contribution is 5.55. The van der Waals surface area contributed by atoms with E-state index in [0.717, 1.165) is 63.6 Å². The van der Waals surface area contributed by atoms with E-state index in [1.165, 1.54) is 24.7 Å². The van der Waals surface area contributed by atoms with Crippen LogP contribution in [0, 0.1) is 5.82 Å². The highest BCUT2D eigenvalue weighted by Crippen LogP contribution is 2.24. The fraction of sp³-hybridized carbons (Fsp3) is 0.522. The lowest BCUT2D eigenvalue weighted by Crippen LogP contribution is -2.46. The van der Waals surface area contributed by atoms with Crippen LogP contribution in [0.2, 0.25) is 0 Å². The molecule has 2 aliphatic heterocycles. The second-order valence-electron chi connectivity index (χ2n) is 8.14. The van der Waals surface area contributed by atoms with Crippen LogP contribution in [0.3, 0.4) is 0 Å². The topological polar surface area (TPSA) is 34.6 Å². The highest BCUT2D eigenvalue weighted by atomic mass is 19.1. The average molecular weight is 400 g/mol. The Bertz CT molecular complexity index is 797. The summed E-state index contributed by atoms with van der Waals surface area (Å²) in [6, 6.07) is 11.5. The summed E-state index contributed by atoms with van der Waals surface area (Å²) in [5, 5.41) is 3.62. The summed E-state index contributed by atoms with van der Waals surface area (Å²) in [7, 11) is 0. The molecule has 1 aromatic heterocycles. The summed E-state index contributed by atoms with van der Waals surface area (Å²) in [6.45, 7) is 9.67. The molecule has 2 fully saturated rings. The molecule has 4 rings (SSSR count). The maximum Gasteiger partial charge on any atom is 0.128 e. The number of benzene rings is 1. The number of aromatic nitrogens is 1. The molecule has 0 amide bonds. The Labute approximate surface area is 175 Å². The summed E-state index contributed by atoms with van der Waals surface area (Å²) in [4.78, 5) is 11.8. The standard InChI is InChI=1S/C23H32FN5.H2/c1-2-10-27-12-14-28(15-13-27)22-8-9-25-23(17-22)26-20-6-4-11-29(18-20)21-7-3-5-19(24)16-21;/h3,5,7-9,16-17,20H,2,4,6,10-15,18H2,1H3,(H,25,26);1H/t20-;/m1./s1. The number of pyridine rings is 1. The Morgan fingerprint density at radius 2 is 1.90 bits per heavy atom. The number of nitrogens with one attached hydrogen (secondary N) is 1. The third-order valence-electron chi connectivity index (χ3n) is 5.97. The third-order valence-corrected chi connectivity index (χ3v) is 5.97. The Hall–Kier alpha value is -2.34. The lowest BCUT2D eigenvalue weighted by molar-refractivity contribution is 0.258. The molecule has 0 spiro atoms. The van der Waals surface area contributed by atoms with Gasteiger partial charge in [0.25, 0.3) is 0 Å². The van der Waals surface area contributed by atoms with E-state index in [0.29, 0.717) is 6.04 Å². The number of hydrogen-bond donors (Lipinski definition) is 1. The molecule has 0 saturated carbocycles. The first-order valence-electron chi connectivity index (χ1n) is 10.9. The van der Waals surface area contributed by atoms with Gasteiger partial charge in [-0.05, 0) is 50.1 Å². The van der Waals surface area contributed by atoms with E-state index < -0.39 is 0 Å². The third kappa shape index (κ3) is 5.18. The molecule has 3 heterocycles. The van der Waals surface area contributed by atoms with Gasteiger partial charge in [-0.15, -0.1) is 0 Å². The van der Waals surface area contributed by atoms with Gasteiger partial charge in [0, 0.05) is 70.4 Å². The van der Waals surface area contributed by atoms with E-state index in [9.17, 15) is 4.39 Å². The summed E-state index contributed by atoms with van der Waals surface area (Å²) in [5.41, 5.74) is 2.21. The molecule has 6 heteroatoms. The van der Waals surface area contributed by atoms with Crippen molar-refractivity contribution in [2.75, 3.05) is 60.9 Å². The monoisotopic (exact) mass is 399 g/mol. The number of halogens is 1. The first-order valence-corrected chi connectivity index (χ1v) is 10.9. The summed E-state index contributed by atoms with van der Waals surface area (Å²) in [6.07, 6.45) is 5.32. The number of nitrogens with zero attached hydrogens (tertiary/aromatic N) is 4. The summed E-state index contributed by atoms with van der Waals surface area (Å²) < 4.78 is 13.6. The van der Waals surface area contributed by atoms with Crippen LogP contribution in [0.1, 0.15) is 27.6 Å². The second kappa shape index (κ2) is 9.44. The number of rotatable bonds is 6. The van der Waals surface area contributed by atoms with Crippen molar-refractivity contribution in [2.24, 2.45) is 0 Å². The number of hydrogen-bond acceptors (Lipinski definition) is 5. The smallest absolute Gasteiger partial charge is 0.128 e. The highest BCUT2D eigenvalue weighted by Gasteiger charge is 2.21. The number of piperidine rings is 1. The molecule has 2 aliphatic rings. The molecule has 158 valence electrons. The van der Waals surface area contributed by atoms with Gasteiger partial charge in [-0.2, -0.15) is 0 Å². The molecule has 0 bridgehead atoms. The largest absolute Gasteiger partial charge is 0.369 e. The Kier molecular flexibility index (Phi) is 6.49. The van der Waals surface area contributed by atoms with Gasteiger partial charge in [-0.25, -0.2) is 9.37 Å². The molecule has 1 N–H and O–H groups in total. The van der Waals surface area contributed by atoms with E-state index in [1.807, 2.05) is 12.3 Å². The molecular weight excluding hydrogens is 365 g/mol. The van der Waals surface area contributed by atoms with Crippen molar-refractivity contribution in [3.63, 3.8) is 0 Å². The Balaban J connectivity index is 0.00000256. The average Bonchev–Trinajstić information content (AvgIpc) is 2.75. The van der Waals surface area contributed by atoms with Gasteiger partial charge in [0.05, 0.1) is 0 Å². The van der Waals surface area contributed by atoms with Crippen molar-refractivity contribution < 1.29 is 5.82 Å². The van der Waals surface area contributed by atoms with E-state index in [2.05, 4.69) is 44.1 Å². The van der Waals surface area contributed by atoms with Crippen LogP contribution in [-0.4, -0.2) is 61.7 Å². The summed E-state index contributed by atoms with van der Waals surface area (Å²) >= 11 is 0. The minimum atomic E-state index is -0.175. The van der Waals surface area contributed by atoms with Gasteiger partial charge in [0.15, 0.2) is 0 Å². The van der Waals surface area contributed by atoms with Gasteiger partial charge >= 0.3 is 0 Å². The van der Waals surface area contributed by atoms with E-state index in [4.69, 9.17) is 0 Å². The lowest BCUT2D eigenvalue weighted by atomic mass is 10.0.